The first kappa shape index (κ1) is 22.5. The summed E-state index contributed by atoms with van der Waals surface area (Å²) in [5, 5.41) is 3.41. The van der Waals surface area contributed by atoms with Crippen molar-refractivity contribution >= 4 is 45.0 Å². The number of amides is 1. The predicted octanol–water partition coefficient (Wildman–Crippen LogP) is 3.68. The quantitative estimate of drug-likeness (QED) is 0.599. The summed E-state index contributed by atoms with van der Waals surface area (Å²) in [6.45, 7) is 1.86. The molecule has 2 rings (SSSR count). The van der Waals surface area contributed by atoms with Crippen LogP contribution in [-0.2, 0) is 20.6 Å². The first-order chi connectivity index (χ1) is 13.2. The molecule has 0 radical (unpaired) electrons. The summed E-state index contributed by atoms with van der Waals surface area (Å²) in [6, 6.07) is 11.7. The number of nitrogens with one attached hydrogen (secondary N) is 1. The number of carbonyl (C=O) groups excluding carboxylic acids is 1. The molecule has 0 aliphatic rings. The number of carbonyl (C=O) groups is 1. The number of sulfonamides is 1. The fourth-order valence-corrected chi connectivity index (χ4v) is 4.82. The number of anilines is 1. The van der Waals surface area contributed by atoms with E-state index >= 15 is 0 Å². The summed E-state index contributed by atoms with van der Waals surface area (Å²) in [6.07, 6.45) is 0.989. The zero-order chi connectivity index (χ0) is 20.7. The smallest absolute Gasteiger partial charge is 0.243 e. The Balaban J connectivity index is 1.90. The largest absolute Gasteiger partial charge is 0.353 e. The van der Waals surface area contributed by atoms with Crippen LogP contribution in [0.2, 0.25) is 5.02 Å². The normalized spacial score (nSPS) is 12.4. The molecular weight excluding hydrogens is 423 g/mol. The Bertz CT molecular complexity index is 925. The summed E-state index contributed by atoms with van der Waals surface area (Å²) in [7, 11) is -3.77. The highest BCUT2D eigenvalue weighted by atomic mass is 35.5. The summed E-state index contributed by atoms with van der Waals surface area (Å²) in [4.78, 5) is 12.4. The highest BCUT2D eigenvalue weighted by Gasteiger charge is 2.29. The summed E-state index contributed by atoms with van der Waals surface area (Å²) < 4.78 is 38.7. The van der Waals surface area contributed by atoms with Gasteiger partial charge in [-0.1, -0.05) is 29.8 Å². The van der Waals surface area contributed by atoms with E-state index in [-0.39, 0.29) is 5.69 Å². The van der Waals surface area contributed by atoms with Gasteiger partial charge in [-0.3, -0.25) is 9.10 Å². The van der Waals surface area contributed by atoms with Crippen molar-refractivity contribution in [3.8, 4) is 0 Å². The van der Waals surface area contributed by atoms with Crippen molar-refractivity contribution in [1.82, 2.24) is 5.32 Å². The van der Waals surface area contributed by atoms with Crippen LogP contribution in [0.5, 0.6) is 0 Å². The topological polar surface area (TPSA) is 66.5 Å². The summed E-state index contributed by atoms with van der Waals surface area (Å²) in [5.74, 6) is 0.392. The molecule has 0 heterocycles. The van der Waals surface area contributed by atoms with Gasteiger partial charge >= 0.3 is 0 Å². The van der Waals surface area contributed by atoms with Crippen molar-refractivity contribution in [3.63, 3.8) is 0 Å². The molecule has 28 heavy (non-hydrogen) atoms. The first-order valence-electron chi connectivity index (χ1n) is 8.53. The zero-order valence-electron chi connectivity index (χ0n) is 15.6. The van der Waals surface area contributed by atoms with Crippen LogP contribution in [0.3, 0.4) is 0 Å². The van der Waals surface area contributed by atoms with Gasteiger partial charge in [-0.2, -0.15) is 11.8 Å². The van der Waals surface area contributed by atoms with Crippen LogP contribution in [0.4, 0.5) is 10.1 Å². The molecule has 0 bridgehead atoms. The lowest BCUT2D eigenvalue weighted by Gasteiger charge is -2.28. The Morgan fingerprint density at radius 2 is 1.96 bits per heavy atom. The van der Waals surface area contributed by atoms with Crippen LogP contribution < -0.4 is 9.62 Å². The van der Waals surface area contributed by atoms with Gasteiger partial charge < -0.3 is 5.32 Å². The minimum Gasteiger partial charge on any atom is -0.353 e. The summed E-state index contributed by atoms with van der Waals surface area (Å²) in [5.41, 5.74) is 1.20. The molecule has 152 valence electrons. The van der Waals surface area contributed by atoms with Gasteiger partial charge in [0.2, 0.25) is 15.9 Å². The van der Waals surface area contributed by atoms with Gasteiger partial charge in [-0.05, 0) is 42.8 Å². The second kappa shape index (κ2) is 10.1. The van der Waals surface area contributed by atoms with E-state index in [1.807, 2.05) is 24.3 Å². The van der Waals surface area contributed by atoms with Crippen molar-refractivity contribution in [2.45, 2.75) is 18.7 Å². The van der Waals surface area contributed by atoms with E-state index in [0.717, 1.165) is 27.9 Å². The van der Waals surface area contributed by atoms with Crippen LogP contribution >= 0.6 is 23.4 Å². The standard InChI is InChI=1S/C19H22ClFN2O3S2/c1-14(23(28(2,25)26)18-8-4-7-17(21)12-18)19(24)22-9-10-27-13-15-5-3-6-16(20)11-15/h3-8,11-12,14H,9-10,13H2,1-2H3,(H,22,24). The molecule has 9 heteroatoms. The lowest BCUT2D eigenvalue weighted by molar-refractivity contribution is -0.121. The van der Waals surface area contributed by atoms with Crippen molar-refractivity contribution < 1.29 is 17.6 Å². The lowest BCUT2D eigenvalue weighted by atomic mass is 10.2. The van der Waals surface area contributed by atoms with Crippen molar-refractivity contribution in [3.05, 3.63) is 64.9 Å². The van der Waals surface area contributed by atoms with Gasteiger partial charge in [0, 0.05) is 23.1 Å². The van der Waals surface area contributed by atoms with Crippen molar-refractivity contribution in [1.29, 1.82) is 0 Å². The molecule has 2 aromatic carbocycles. The van der Waals surface area contributed by atoms with E-state index < -0.39 is 27.8 Å². The average molecular weight is 445 g/mol. The molecule has 2 aromatic rings. The number of nitrogens with zero attached hydrogens (tertiary/aromatic N) is 1. The number of thioether (sulfide) groups is 1. The maximum atomic E-state index is 13.5. The molecule has 1 N–H and O–H groups in total. The van der Waals surface area contributed by atoms with Gasteiger partial charge in [0.1, 0.15) is 11.9 Å². The second-order valence-corrected chi connectivity index (χ2v) is 9.59. The van der Waals surface area contributed by atoms with Gasteiger partial charge in [0.15, 0.2) is 0 Å². The van der Waals surface area contributed by atoms with Gasteiger partial charge in [-0.15, -0.1) is 0 Å². The third-order valence-electron chi connectivity index (χ3n) is 3.85. The van der Waals surface area contributed by atoms with E-state index in [4.69, 9.17) is 11.6 Å². The molecule has 0 aromatic heterocycles. The predicted molar refractivity (Wildman–Crippen MR) is 114 cm³/mol. The molecule has 0 aliphatic carbocycles. The SMILES string of the molecule is CC(C(=O)NCCSCc1cccc(Cl)c1)N(c1cccc(F)c1)S(C)(=O)=O. The maximum absolute atomic E-state index is 13.5. The molecule has 0 aliphatic heterocycles. The fraction of sp³-hybridized carbons (Fsp3) is 0.316. The minimum absolute atomic E-state index is 0.112. The number of halogens is 2. The molecule has 0 spiro atoms. The minimum atomic E-state index is -3.77. The van der Waals surface area contributed by atoms with Crippen molar-refractivity contribution in [2.24, 2.45) is 0 Å². The van der Waals surface area contributed by atoms with E-state index in [0.29, 0.717) is 17.3 Å². The monoisotopic (exact) mass is 444 g/mol. The maximum Gasteiger partial charge on any atom is 0.243 e. The zero-order valence-corrected chi connectivity index (χ0v) is 18.0. The van der Waals surface area contributed by atoms with E-state index in [9.17, 15) is 17.6 Å². The van der Waals surface area contributed by atoms with E-state index in [2.05, 4.69) is 5.32 Å². The van der Waals surface area contributed by atoms with Gasteiger partial charge in [0.05, 0.1) is 11.9 Å². The average Bonchev–Trinajstić information content (AvgIpc) is 2.60. The lowest BCUT2D eigenvalue weighted by Crippen LogP contribution is -2.48. The third-order valence-corrected chi connectivity index (χ3v) is 6.36. The molecule has 0 saturated carbocycles. The second-order valence-electron chi connectivity index (χ2n) is 6.19. The van der Waals surface area contributed by atoms with Crippen molar-refractivity contribution in [2.75, 3.05) is 22.9 Å². The number of hydrogen-bond donors (Lipinski definition) is 1. The molecular formula is C19H22ClFN2O3S2. The molecule has 1 amide bonds. The van der Waals surface area contributed by atoms with Crippen LogP contribution in [0, 0.1) is 5.82 Å². The molecule has 5 nitrogen and oxygen atoms in total. The fourth-order valence-electron chi connectivity index (χ4n) is 2.63. The Kier molecular flexibility index (Phi) is 8.15. The molecule has 1 atom stereocenters. The Hall–Kier alpha value is -1.77. The molecule has 0 fully saturated rings. The highest BCUT2D eigenvalue weighted by Crippen LogP contribution is 2.22. The number of hydrogen-bond acceptors (Lipinski definition) is 4. The highest BCUT2D eigenvalue weighted by molar-refractivity contribution is 7.98. The van der Waals surface area contributed by atoms with Crippen LogP contribution in [0.15, 0.2) is 48.5 Å². The number of rotatable bonds is 9. The van der Waals surface area contributed by atoms with Crippen LogP contribution in [0.1, 0.15) is 12.5 Å². The van der Waals surface area contributed by atoms with Gasteiger partial charge in [0.25, 0.3) is 0 Å². The molecule has 0 saturated heterocycles. The first-order valence-corrected chi connectivity index (χ1v) is 11.9. The Morgan fingerprint density at radius 3 is 2.61 bits per heavy atom. The summed E-state index contributed by atoms with van der Waals surface area (Å²) >= 11 is 7.57. The Labute approximate surface area is 174 Å². The van der Waals surface area contributed by atoms with Crippen LogP contribution in [0.25, 0.3) is 0 Å². The third kappa shape index (κ3) is 6.68. The molecule has 1 unspecified atom stereocenters. The van der Waals surface area contributed by atoms with Crippen LogP contribution in [-0.4, -0.2) is 38.9 Å². The number of benzene rings is 2. The van der Waals surface area contributed by atoms with E-state index in [1.54, 1.807) is 11.8 Å². The van der Waals surface area contributed by atoms with E-state index in [1.165, 1.54) is 25.1 Å². The Morgan fingerprint density at radius 1 is 1.25 bits per heavy atom. The van der Waals surface area contributed by atoms with Gasteiger partial charge in [-0.25, -0.2) is 12.8 Å².